The Kier molecular flexibility index (Phi) is 4.23. The van der Waals surface area contributed by atoms with Crippen LogP contribution in [0.1, 0.15) is 30.3 Å². The lowest BCUT2D eigenvalue weighted by molar-refractivity contribution is 0.483. The van der Waals surface area contributed by atoms with E-state index in [0.717, 1.165) is 36.7 Å². The molecule has 7 nitrogen and oxygen atoms in total. The van der Waals surface area contributed by atoms with Crippen LogP contribution in [0.5, 0.6) is 0 Å². The van der Waals surface area contributed by atoms with Gasteiger partial charge in [0.15, 0.2) is 0 Å². The molecule has 3 heterocycles. The van der Waals surface area contributed by atoms with Gasteiger partial charge in [0.2, 0.25) is 0 Å². The van der Waals surface area contributed by atoms with Crippen LogP contribution >= 0.6 is 0 Å². The zero-order valence-electron chi connectivity index (χ0n) is 14.2. The second kappa shape index (κ2) is 6.84. The highest BCUT2D eigenvalue weighted by molar-refractivity contribution is 5.43. The SMILES string of the molecule is N#Cc1cccc(N2CCC[C@H](c3n[nH]c(=O)n3-c3ccccc3)C2)n1. The quantitative estimate of drug-likeness (QED) is 0.785. The minimum absolute atomic E-state index is 0.107. The van der Waals surface area contributed by atoms with Crippen LogP contribution in [0.25, 0.3) is 5.69 Å². The maximum Gasteiger partial charge on any atom is 0.347 e. The van der Waals surface area contributed by atoms with Crippen molar-refractivity contribution in [3.05, 3.63) is 70.5 Å². The van der Waals surface area contributed by atoms with Crippen molar-refractivity contribution < 1.29 is 0 Å². The van der Waals surface area contributed by atoms with E-state index < -0.39 is 0 Å². The molecule has 1 saturated heterocycles. The Morgan fingerprint density at radius 2 is 2.00 bits per heavy atom. The number of H-pyrrole nitrogens is 1. The van der Waals surface area contributed by atoms with Crippen LogP contribution in [-0.2, 0) is 0 Å². The summed E-state index contributed by atoms with van der Waals surface area (Å²) in [6, 6.07) is 17.1. The molecule has 0 saturated carbocycles. The predicted octanol–water partition coefficient (Wildman–Crippen LogP) is 2.21. The fourth-order valence-corrected chi connectivity index (χ4v) is 3.47. The molecular weight excluding hydrogens is 328 g/mol. The first-order chi connectivity index (χ1) is 12.8. The van der Waals surface area contributed by atoms with Crippen molar-refractivity contribution in [3.63, 3.8) is 0 Å². The first kappa shape index (κ1) is 16.1. The molecule has 1 fully saturated rings. The minimum atomic E-state index is -0.229. The molecule has 0 aliphatic carbocycles. The Hall–Kier alpha value is -3.40. The van der Waals surface area contributed by atoms with Gasteiger partial charge in [-0.1, -0.05) is 24.3 Å². The number of piperidine rings is 1. The van der Waals surface area contributed by atoms with E-state index in [9.17, 15) is 4.79 Å². The number of aromatic amines is 1. The molecule has 1 atom stereocenters. The molecule has 2 aromatic heterocycles. The van der Waals surface area contributed by atoms with Gasteiger partial charge in [0.1, 0.15) is 23.4 Å². The van der Waals surface area contributed by atoms with Crippen LogP contribution in [0.15, 0.2) is 53.3 Å². The van der Waals surface area contributed by atoms with Crippen molar-refractivity contribution in [1.82, 2.24) is 19.7 Å². The smallest absolute Gasteiger partial charge is 0.347 e. The number of nitrogens with zero attached hydrogens (tertiary/aromatic N) is 5. The summed E-state index contributed by atoms with van der Waals surface area (Å²) < 4.78 is 1.65. The fourth-order valence-electron chi connectivity index (χ4n) is 3.47. The first-order valence-corrected chi connectivity index (χ1v) is 8.61. The van der Waals surface area contributed by atoms with Crippen LogP contribution in [0, 0.1) is 11.3 Å². The Morgan fingerprint density at radius 3 is 2.81 bits per heavy atom. The average Bonchev–Trinajstić information content (AvgIpc) is 3.10. The molecule has 1 aliphatic heterocycles. The summed E-state index contributed by atoms with van der Waals surface area (Å²) in [5.74, 6) is 1.63. The summed E-state index contributed by atoms with van der Waals surface area (Å²) in [4.78, 5) is 18.9. The van der Waals surface area contributed by atoms with Crippen molar-refractivity contribution in [2.45, 2.75) is 18.8 Å². The molecule has 3 aromatic rings. The van der Waals surface area contributed by atoms with Gasteiger partial charge < -0.3 is 4.90 Å². The van der Waals surface area contributed by atoms with Crippen LogP contribution in [0.4, 0.5) is 5.82 Å². The molecule has 7 heteroatoms. The van der Waals surface area contributed by atoms with Crippen LogP contribution in [0.2, 0.25) is 0 Å². The Labute approximate surface area is 150 Å². The van der Waals surface area contributed by atoms with Gasteiger partial charge in [0.25, 0.3) is 0 Å². The molecule has 26 heavy (non-hydrogen) atoms. The standard InChI is InChI=1S/C19H18N6O/c20-12-15-7-4-10-17(21-15)24-11-5-6-14(13-24)18-22-23-19(26)25(18)16-8-2-1-3-9-16/h1-4,7-10,14H,5-6,11,13H2,(H,23,26)/t14-/m0/s1. The fraction of sp³-hybridized carbons (Fsp3) is 0.263. The van der Waals surface area contributed by atoms with E-state index in [0.29, 0.717) is 12.2 Å². The number of para-hydroxylation sites is 1. The van der Waals surface area contributed by atoms with E-state index in [4.69, 9.17) is 5.26 Å². The highest BCUT2D eigenvalue weighted by Crippen LogP contribution is 2.28. The molecular formula is C19H18N6O. The largest absolute Gasteiger partial charge is 0.356 e. The number of hydrogen-bond acceptors (Lipinski definition) is 5. The number of pyridine rings is 1. The third-order valence-corrected chi connectivity index (χ3v) is 4.67. The highest BCUT2D eigenvalue weighted by atomic mass is 16.1. The Balaban J connectivity index is 1.65. The molecule has 130 valence electrons. The Morgan fingerprint density at radius 1 is 1.15 bits per heavy atom. The number of anilines is 1. The number of nitriles is 1. The summed E-state index contributed by atoms with van der Waals surface area (Å²) in [5.41, 5.74) is 0.987. The number of rotatable bonds is 3. The van der Waals surface area contributed by atoms with Gasteiger partial charge >= 0.3 is 5.69 Å². The number of benzene rings is 1. The van der Waals surface area contributed by atoms with Gasteiger partial charge in [-0.05, 0) is 37.1 Å². The lowest BCUT2D eigenvalue weighted by Crippen LogP contribution is -2.36. The second-order valence-corrected chi connectivity index (χ2v) is 6.34. The minimum Gasteiger partial charge on any atom is -0.356 e. The molecule has 0 bridgehead atoms. The maximum atomic E-state index is 12.3. The van der Waals surface area contributed by atoms with Crippen LogP contribution < -0.4 is 10.6 Å². The summed E-state index contributed by atoms with van der Waals surface area (Å²) in [6.07, 6.45) is 1.92. The van der Waals surface area contributed by atoms with Gasteiger partial charge in [0, 0.05) is 19.0 Å². The molecule has 0 radical (unpaired) electrons. The molecule has 1 aliphatic rings. The molecule has 4 rings (SSSR count). The highest BCUT2D eigenvalue weighted by Gasteiger charge is 2.27. The van der Waals surface area contributed by atoms with Crippen LogP contribution in [0.3, 0.4) is 0 Å². The van der Waals surface area contributed by atoms with Crippen LogP contribution in [-0.4, -0.2) is 32.8 Å². The van der Waals surface area contributed by atoms with Gasteiger partial charge in [-0.2, -0.15) is 10.4 Å². The zero-order valence-corrected chi connectivity index (χ0v) is 14.2. The van der Waals surface area contributed by atoms with Crippen molar-refractivity contribution in [2.75, 3.05) is 18.0 Å². The Bertz CT molecular complexity index is 1000. The topological polar surface area (TPSA) is 90.6 Å². The lowest BCUT2D eigenvalue weighted by atomic mass is 9.97. The number of nitrogens with one attached hydrogen (secondary N) is 1. The third-order valence-electron chi connectivity index (χ3n) is 4.67. The monoisotopic (exact) mass is 346 g/mol. The van der Waals surface area contributed by atoms with E-state index in [-0.39, 0.29) is 11.6 Å². The van der Waals surface area contributed by atoms with E-state index in [1.807, 2.05) is 42.5 Å². The van der Waals surface area contributed by atoms with Crippen molar-refractivity contribution in [2.24, 2.45) is 0 Å². The second-order valence-electron chi connectivity index (χ2n) is 6.34. The molecule has 0 spiro atoms. The van der Waals surface area contributed by atoms with E-state index in [2.05, 4.69) is 26.2 Å². The average molecular weight is 346 g/mol. The van der Waals surface area contributed by atoms with Gasteiger partial charge in [-0.15, -0.1) is 0 Å². The summed E-state index contributed by atoms with van der Waals surface area (Å²) in [6.45, 7) is 1.58. The summed E-state index contributed by atoms with van der Waals surface area (Å²) >= 11 is 0. The number of hydrogen-bond donors (Lipinski definition) is 1. The van der Waals surface area contributed by atoms with Crippen molar-refractivity contribution >= 4 is 5.82 Å². The van der Waals surface area contributed by atoms with E-state index >= 15 is 0 Å². The van der Waals surface area contributed by atoms with Crippen molar-refractivity contribution in [1.29, 1.82) is 5.26 Å². The molecule has 1 N–H and O–H groups in total. The van der Waals surface area contributed by atoms with Gasteiger partial charge in [0.05, 0.1) is 5.69 Å². The van der Waals surface area contributed by atoms with Gasteiger partial charge in [-0.25, -0.2) is 19.4 Å². The van der Waals surface area contributed by atoms with E-state index in [1.54, 1.807) is 10.6 Å². The maximum absolute atomic E-state index is 12.3. The lowest BCUT2D eigenvalue weighted by Gasteiger charge is -2.33. The zero-order chi connectivity index (χ0) is 17.9. The first-order valence-electron chi connectivity index (χ1n) is 8.61. The summed E-state index contributed by atoms with van der Waals surface area (Å²) in [5, 5.41) is 16.0. The molecule has 1 aromatic carbocycles. The third kappa shape index (κ3) is 2.97. The molecule has 0 unspecified atom stereocenters. The molecule has 0 amide bonds. The summed E-state index contributed by atoms with van der Waals surface area (Å²) in [7, 11) is 0. The predicted molar refractivity (Wildman–Crippen MR) is 97.3 cm³/mol. The van der Waals surface area contributed by atoms with E-state index in [1.165, 1.54) is 0 Å². The van der Waals surface area contributed by atoms with Gasteiger partial charge in [-0.3, -0.25) is 0 Å². The number of aromatic nitrogens is 4. The van der Waals surface area contributed by atoms with Crippen molar-refractivity contribution in [3.8, 4) is 11.8 Å². The normalized spacial score (nSPS) is 17.0.